The van der Waals surface area contributed by atoms with Crippen molar-refractivity contribution in [1.29, 1.82) is 0 Å². The highest BCUT2D eigenvalue weighted by Crippen LogP contribution is 2.26. The summed E-state index contributed by atoms with van der Waals surface area (Å²) in [4.78, 5) is 21.3. The molecule has 0 unspecified atom stereocenters. The predicted molar refractivity (Wildman–Crippen MR) is 119 cm³/mol. The second kappa shape index (κ2) is 8.40. The Morgan fingerprint density at radius 1 is 1.06 bits per heavy atom. The zero-order chi connectivity index (χ0) is 22.2. The zero-order valence-electron chi connectivity index (χ0n) is 18.3. The molecule has 3 N–H and O–H groups in total. The minimum atomic E-state index is -3.51. The van der Waals surface area contributed by atoms with Gasteiger partial charge in [0.05, 0.1) is 23.5 Å². The molecule has 0 bridgehead atoms. The summed E-state index contributed by atoms with van der Waals surface area (Å²) in [5.41, 5.74) is 7.54. The van der Waals surface area contributed by atoms with E-state index in [-0.39, 0.29) is 11.4 Å². The Labute approximate surface area is 184 Å². The van der Waals surface area contributed by atoms with Gasteiger partial charge in [0.2, 0.25) is 15.9 Å². The van der Waals surface area contributed by atoms with Gasteiger partial charge < -0.3 is 16.0 Å². The minimum Gasteiger partial charge on any atom is -0.370 e. The van der Waals surface area contributed by atoms with Gasteiger partial charge in [-0.1, -0.05) is 6.07 Å². The van der Waals surface area contributed by atoms with Crippen LogP contribution in [0.4, 0.5) is 0 Å². The van der Waals surface area contributed by atoms with Crippen LogP contribution in [-0.4, -0.2) is 92.3 Å². The number of hydrogen-bond acceptors (Lipinski definition) is 7. The number of aryl methyl sites for hydroxylation is 2. The van der Waals surface area contributed by atoms with E-state index in [1.807, 2.05) is 24.8 Å². The van der Waals surface area contributed by atoms with Gasteiger partial charge in [-0.25, -0.2) is 8.42 Å². The molecule has 4 rings (SSSR count). The van der Waals surface area contributed by atoms with Crippen molar-refractivity contribution < 1.29 is 13.2 Å². The monoisotopic (exact) mass is 448 g/mol. The fourth-order valence-corrected chi connectivity index (χ4v) is 6.32. The summed E-state index contributed by atoms with van der Waals surface area (Å²) in [7, 11) is -3.51. The highest BCUT2D eigenvalue weighted by Gasteiger charge is 2.39. The lowest BCUT2D eigenvalue weighted by atomic mass is 9.88. The summed E-state index contributed by atoms with van der Waals surface area (Å²) in [5.74, 6) is 0.598. The lowest BCUT2D eigenvalue weighted by Gasteiger charge is -2.40. The highest BCUT2D eigenvalue weighted by atomic mass is 32.2. The normalized spacial score (nSPS) is 22.4. The molecular formula is C21H32N6O3S. The second-order valence-electron chi connectivity index (χ2n) is 8.99. The van der Waals surface area contributed by atoms with Crippen molar-refractivity contribution in [3.63, 3.8) is 0 Å². The Balaban J connectivity index is 1.28. The Hall–Kier alpha value is -2.17. The van der Waals surface area contributed by atoms with E-state index in [0.29, 0.717) is 63.2 Å². The highest BCUT2D eigenvalue weighted by molar-refractivity contribution is 7.89. The number of carbonyl (C=O) groups excluding carboxylic acids is 1. The molecule has 3 aliphatic heterocycles. The first-order valence-corrected chi connectivity index (χ1v) is 12.3. The van der Waals surface area contributed by atoms with Gasteiger partial charge in [0, 0.05) is 39.3 Å². The van der Waals surface area contributed by atoms with Crippen molar-refractivity contribution in [2.75, 3.05) is 52.4 Å². The minimum absolute atomic E-state index is 0.0883. The lowest BCUT2D eigenvalue weighted by molar-refractivity contribution is -0.134. The van der Waals surface area contributed by atoms with E-state index in [0.717, 1.165) is 24.0 Å². The SMILES string of the molecule is Cc1cc(C)cc(S(=O)(=O)N2CCN(CC(=O)N3CCC4(CC3)CN=C(N)N4)CC2)c1. The van der Waals surface area contributed by atoms with Crippen LogP contribution in [0.3, 0.4) is 0 Å². The Kier molecular flexibility index (Phi) is 5.97. The maximum absolute atomic E-state index is 13.0. The quantitative estimate of drug-likeness (QED) is 0.665. The molecule has 10 heteroatoms. The smallest absolute Gasteiger partial charge is 0.243 e. The number of benzene rings is 1. The number of rotatable bonds is 4. The van der Waals surface area contributed by atoms with Crippen molar-refractivity contribution in [3.05, 3.63) is 29.3 Å². The molecule has 31 heavy (non-hydrogen) atoms. The van der Waals surface area contributed by atoms with Gasteiger partial charge >= 0.3 is 0 Å². The van der Waals surface area contributed by atoms with Crippen LogP contribution in [0, 0.1) is 13.8 Å². The average molecular weight is 449 g/mol. The standard InChI is InChI=1S/C21H32N6O3S/c1-16-11-17(2)13-18(12-16)31(29,30)27-9-7-25(8-10-27)14-19(28)26-5-3-21(4-6-26)15-23-20(22)24-21/h11-13H,3-10,14-15H2,1-2H3,(H3,22,23,24). The van der Waals surface area contributed by atoms with Gasteiger partial charge in [-0.2, -0.15) is 4.31 Å². The van der Waals surface area contributed by atoms with Crippen LogP contribution >= 0.6 is 0 Å². The zero-order valence-corrected chi connectivity index (χ0v) is 19.1. The van der Waals surface area contributed by atoms with Crippen LogP contribution < -0.4 is 11.1 Å². The summed E-state index contributed by atoms with van der Waals surface area (Å²) >= 11 is 0. The van der Waals surface area contributed by atoms with Gasteiger partial charge in [-0.15, -0.1) is 0 Å². The number of piperazine rings is 1. The number of sulfonamides is 1. The summed E-state index contributed by atoms with van der Waals surface area (Å²) in [6, 6.07) is 5.41. The number of carbonyl (C=O) groups is 1. The Morgan fingerprint density at radius 3 is 2.23 bits per heavy atom. The molecule has 1 amide bonds. The fourth-order valence-electron chi connectivity index (χ4n) is 4.70. The van der Waals surface area contributed by atoms with Gasteiger partial charge in [0.25, 0.3) is 0 Å². The summed E-state index contributed by atoms with van der Waals surface area (Å²) < 4.78 is 27.6. The van der Waals surface area contributed by atoms with Gasteiger partial charge in [0.15, 0.2) is 5.96 Å². The number of piperidine rings is 1. The van der Waals surface area contributed by atoms with Crippen LogP contribution in [0.25, 0.3) is 0 Å². The molecule has 1 aromatic carbocycles. The molecule has 0 saturated carbocycles. The third-order valence-electron chi connectivity index (χ3n) is 6.54. The molecule has 9 nitrogen and oxygen atoms in total. The number of nitrogens with zero attached hydrogens (tertiary/aromatic N) is 4. The molecule has 0 radical (unpaired) electrons. The molecule has 1 aromatic rings. The summed E-state index contributed by atoms with van der Waals surface area (Å²) in [6.07, 6.45) is 1.68. The van der Waals surface area contributed by atoms with Crippen LogP contribution in [0.1, 0.15) is 24.0 Å². The number of amides is 1. The first-order chi connectivity index (χ1) is 14.7. The number of nitrogens with one attached hydrogen (secondary N) is 1. The van der Waals surface area contributed by atoms with Crippen LogP contribution in [0.2, 0.25) is 0 Å². The van der Waals surface area contributed by atoms with Crippen molar-refractivity contribution in [2.45, 2.75) is 37.1 Å². The first kappa shape index (κ1) is 22.0. The molecule has 170 valence electrons. The molecule has 0 aliphatic carbocycles. The maximum atomic E-state index is 13.0. The Morgan fingerprint density at radius 2 is 1.68 bits per heavy atom. The summed E-state index contributed by atoms with van der Waals surface area (Å²) in [6.45, 7) is 8.10. The lowest BCUT2D eigenvalue weighted by Crippen LogP contribution is -2.57. The molecule has 3 aliphatic rings. The second-order valence-corrected chi connectivity index (χ2v) is 10.9. The van der Waals surface area contributed by atoms with Crippen LogP contribution in [0.15, 0.2) is 28.1 Å². The van der Waals surface area contributed by atoms with E-state index in [2.05, 4.69) is 15.2 Å². The van der Waals surface area contributed by atoms with E-state index in [9.17, 15) is 13.2 Å². The molecule has 0 atom stereocenters. The van der Waals surface area contributed by atoms with Crippen molar-refractivity contribution in [1.82, 2.24) is 19.4 Å². The molecule has 2 fully saturated rings. The van der Waals surface area contributed by atoms with Crippen molar-refractivity contribution in [3.8, 4) is 0 Å². The summed E-state index contributed by atoms with van der Waals surface area (Å²) in [5, 5.41) is 3.27. The molecule has 0 aromatic heterocycles. The third kappa shape index (κ3) is 4.70. The largest absolute Gasteiger partial charge is 0.370 e. The number of hydrogen-bond donors (Lipinski definition) is 2. The van der Waals surface area contributed by atoms with E-state index in [1.54, 1.807) is 12.1 Å². The predicted octanol–water partition coefficient (Wildman–Crippen LogP) is -0.111. The van der Waals surface area contributed by atoms with Gasteiger partial charge in [0.1, 0.15) is 0 Å². The first-order valence-electron chi connectivity index (χ1n) is 10.8. The van der Waals surface area contributed by atoms with Gasteiger partial charge in [-0.3, -0.25) is 14.7 Å². The van der Waals surface area contributed by atoms with E-state index in [4.69, 9.17) is 5.73 Å². The van der Waals surface area contributed by atoms with Crippen molar-refractivity contribution >= 4 is 21.9 Å². The van der Waals surface area contributed by atoms with Crippen LogP contribution in [-0.2, 0) is 14.8 Å². The van der Waals surface area contributed by atoms with Gasteiger partial charge in [-0.05, 0) is 49.9 Å². The molecule has 3 heterocycles. The number of aliphatic imine (C=N–C) groups is 1. The average Bonchev–Trinajstić information content (AvgIpc) is 3.08. The third-order valence-corrected chi connectivity index (χ3v) is 8.42. The molecule has 1 spiro atoms. The fraction of sp³-hybridized carbons (Fsp3) is 0.619. The topological polar surface area (TPSA) is 111 Å². The van der Waals surface area contributed by atoms with Crippen LogP contribution in [0.5, 0.6) is 0 Å². The number of nitrogens with two attached hydrogens (primary N) is 1. The number of likely N-dealkylation sites (tertiary alicyclic amines) is 1. The van der Waals surface area contributed by atoms with E-state index in [1.165, 1.54) is 4.31 Å². The maximum Gasteiger partial charge on any atom is 0.243 e. The van der Waals surface area contributed by atoms with Crippen molar-refractivity contribution in [2.24, 2.45) is 10.7 Å². The Bertz CT molecular complexity index is 957. The molecular weight excluding hydrogens is 416 g/mol. The van der Waals surface area contributed by atoms with E-state index >= 15 is 0 Å². The molecule has 2 saturated heterocycles. The number of guanidine groups is 1. The van der Waals surface area contributed by atoms with E-state index < -0.39 is 10.0 Å².